The molecule has 168 valence electrons. The molecule has 1 aliphatic rings. The number of carbonyl (C=O) groups excluding carboxylic acids is 2. The molecule has 0 radical (unpaired) electrons. The first-order valence-corrected chi connectivity index (χ1v) is 10.3. The van der Waals surface area contributed by atoms with Crippen LogP contribution in [-0.2, 0) is 13.8 Å². The molecule has 14 nitrogen and oxygen atoms in total. The zero-order valence-electron chi connectivity index (χ0n) is 15.8. The number of hydrogen-bond donors (Lipinski definition) is 6. The number of para-hydroxylation sites is 1. The van der Waals surface area contributed by atoms with Gasteiger partial charge in [0.1, 0.15) is 29.8 Å². The molecule has 0 spiro atoms. The van der Waals surface area contributed by atoms with Crippen LogP contribution in [0.25, 0.3) is 0 Å². The molecular formula is C16H20N5O9P. The number of carbonyl (C=O) groups is 2. The minimum atomic E-state index is -4.86. The largest absolute Gasteiger partial charge is 0.469 e. The third-order valence-electron chi connectivity index (χ3n) is 4.36. The van der Waals surface area contributed by atoms with Crippen LogP contribution in [0.15, 0.2) is 36.7 Å². The topological polar surface area (TPSA) is 221 Å². The number of primary amides is 1. The SMILES string of the molecule is NC(=O)c1ncn([C@@H]2O[C@H](COP(=O)(O)O)[C@@H](O)[C@H]2NC(=O)Oc2ccccc2)c1N. The first kappa shape index (κ1) is 22.7. The van der Waals surface area contributed by atoms with Crippen molar-refractivity contribution in [2.24, 2.45) is 5.73 Å². The van der Waals surface area contributed by atoms with E-state index in [0.717, 1.165) is 10.9 Å². The number of nitrogens with two attached hydrogens (primary N) is 2. The molecule has 1 aliphatic heterocycles. The monoisotopic (exact) mass is 457 g/mol. The summed E-state index contributed by atoms with van der Waals surface area (Å²) < 4.78 is 27.3. The number of aliphatic hydroxyl groups excluding tert-OH is 1. The molecule has 1 aromatic carbocycles. The molecule has 0 aliphatic carbocycles. The Morgan fingerprint density at radius 2 is 1.97 bits per heavy atom. The minimum Gasteiger partial charge on any atom is -0.410 e. The summed E-state index contributed by atoms with van der Waals surface area (Å²) in [6.07, 6.45) is -3.85. The standard InChI is InChI=1S/C16H20N5O9P/c17-13-11(14(18)23)19-7-21(13)15-10(12(22)9(30-15)6-28-31(25,26)27)20-16(24)29-8-4-2-1-3-5-8/h1-5,7,9-10,12,15,22H,6,17H2,(H2,18,23)(H,20,24)(H2,25,26,27)/t9-,10-,12-,15-/m1/s1. The number of aromatic nitrogens is 2. The number of hydrogen-bond acceptors (Lipinski definition) is 9. The quantitative estimate of drug-likeness (QED) is 0.279. The van der Waals surface area contributed by atoms with E-state index in [0.29, 0.717) is 0 Å². The lowest BCUT2D eigenvalue weighted by atomic mass is 10.1. The van der Waals surface area contributed by atoms with Crippen LogP contribution in [0.2, 0.25) is 0 Å². The van der Waals surface area contributed by atoms with E-state index in [1.165, 1.54) is 12.1 Å². The Balaban J connectivity index is 1.83. The normalized spacial score (nSPS) is 23.5. The Bertz CT molecular complexity index is 995. The molecule has 2 heterocycles. The molecule has 4 atom stereocenters. The second-order valence-corrected chi connectivity index (χ2v) is 7.70. The molecule has 15 heteroatoms. The maximum absolute atomic E-state index is 12.3. The maximum Gasteiger partial charge on any atom is 0.469 e. The second-order valence-electron chi connectivity index (χ2n) is 6.46. The van der Waals surface area contributed by atoms with Crippen LogP contribution in [-0.4, -0.2) is 61.3 Å². The highest BCUT2D eigenvalue weighted by Gasteiger charge is 2.47. The van der Waals surface area contributed by atoms with Crippen molar-refractivity contribution in [3.63, 3.8) is 0 Å². The number of aliphatic hydroxyl groups is 1. The number of nitrogens with zero attached hydrogens (tertiary/aromatic N) is 2. The van der Waals surface area contributed by atoms with Crippen LogP contribution in [0.4, 0.5) is 10.6 Å². The van der Waals surface area contributed by atoms with Crippen LogP contribution in [0, 0.1) is 0 Å². The van der Waals surface area contributed by atoms with Gasteiger partial charge in [-0.05, 0) is 12.1 Å². The van der Waals surface area contributed by atoms with E-state index in [1.807, 2.05) is 0 Å². The molecular weight excluding hydrogens is 437 g/mol. The van der Waals surface area contributed by atoms with E-state index >= 15 is 0 Å². The number of phosphoric ester groups is 1. The smallest absolute Gasteiger partial charge is 0.410 e. The summed E-state index contributed by atoms with van der Waals surface area (Å²) >= 11 is 0. The molecule has 2 aromatic rings. The fourth-order valence-electron chi connectivity index (χ4n) is 2.97. The summed E-state index contributed by atoms with van der Waals surface area (Å²) in [5.41, 5.74) is 10.8. The van der Waals surface area contributed by atoms with Gasteiger partial charge in [0.15, 0.2) is 11.9 Å². The molecule has 1 fully saturated rings. The number of amides is 2. The molecule has 3 rings (SSSR count). The number of imidazole rings is 1. The number of ether oxygens (including phenoxy) is 2. The molecule has 31 heavy (non-hydrogen) atoms. The Morgan fingerprint density at radius 3 is 2.55 bits per heavy atom. The fraction of sp³-hybridized carbons (Fsp3) is 0.312. The molecule has 0 saturated carbocycles. The van der Waals surface area contributed by atoms with E-state index in [-0.39, 0.29) is 17.3 Å². The van der Waals surface area contributed by atoms with Crippen LogP contribution >= 0.6 is 7.82 Å². The van der Waals surface area contributed by atoms with Gasteiger partial charge in [-0.3, -0.25) is 13.9 Å². The van der Waals surface area contributed by atoms with Crippen molar-refractivity contribution >= 4 is 25.6 Å². The van der Waals surface area contributed by atoms with Gasteiger partial charge < -0.3 is 41.2 Å². The lowest BCUT2D eigenvalue weighted by Crippen LogP contribution is -2.47. The summed E-state index contributed by atoms with van der Waals surface area (Å²) in [4.78, 5) is 45.4. The molecule has 1 aromatic heterocycles. The van der Waals surface area contributed by atoms with Crippen LogP contribution in [0.1, 0.15) is 16.7 Å². The van der Waals surface area contributed by atoms with Gasteiger partial charge in [0.25, 0.3) is 5.91 Å². The highest BCUT2D eigenvalue weighted by Crippen LogP contribution is 2.39. The molecule has 0 bridgehead atoms. The average Bonchev–Trinajstić information content (AvgIpc) is 3.21. The summed E-state index contributed by atoms with van der Waals surface area (Å²) in [7, 11) is -4.86. The van der Waals surface area contributed by atoms with E-state index < -0.39 is 50.9 Å². The van der Waals surface area contributed by atoms with Gasteiger partial charge in [-0.2, -0.15) is 0 Å². The lowest BCUT2D eigenvalue weighted by Gasteiger charge is -2.23. The van der Waals surface area contributed by atoms with Crippen LogP contribution in [0.5, 0.6) is 5.75 Å². The van der Waals surface area contributed by atoms with Gasteiger partial charge in [0.2, 0.25) is 0 Å². The number of rotatable bonds is 7. The van der Waals surface area contributed by atoms with Gasteiger partial charge >= 0.3 is 13.9 Å². The number of benzene rings is 1. The Morgan fingerprint density at radius 1 is 1.29 bits per heavy atom. The fourth-order valence-corrected chi connectivity index (χ4v) is 3.31. The maximum atomic E-state index is 12.3. The van der Waals surface area contributed by atoms with Crippen molar-refractivity contribution < 1.29 is 43.0 Å². The first-order valence-electron chi connectivity index (χ1n) is 8.76. The number of nitrogen functional groups attached to an aromatic ring is 1. The lowest BCUT2D eigenvalue weighted by molar-refractivity contribution is -0.0437. The predicted molar refractivity (Wildman–Crippen MR) is 102 cm³/mol. The van der Waals surface area contributed by atoms with Gasteiger partial charge in [-0.1, -0.05) is 18.2 Å². The zero-order valence-corrected chi connectivity index (χ0v) is 16.7. The second kappa shape index (κ2) is 9.01. The van der Waals surface area contributed by atoms with Gasteiger partial charge in [-0.25, -0.2) is 14.3 Å². The summed E-state index contributed by atoms with van der Waals surface area (Å²) in [5, 5.41) is 13.0. The van der Waals surface area contributed by atoms with E-state index in [9.17, 15) is 19.3 Å². The van der Waals surface area contributed by atoms with Gasteiger partial charge in [0, 0.05) is 0 Å². The van der Waals surface area contributed by atoms with Crippen LogP contribution in [0.3, 0.4) is 0 Å². The van der Waals surface area contributed by atoms with Crippen molar-refractivity contribution in [2.75, 3.05) is 12.3 Å². The van der Waals surface area contributed by atoms with E-state index in [1.54, 1.807) is 18.2 Å². The first-order chi connectivity index (χ1) is 14.6. The van der Waals surface area contributed by atoms with Crippen molar-refractivity contribution in [2.45, 2.75) is 24.5 Å². The summed E-state index contributed by atoms with van der Waals surface area (Å²) in [6.45, 7) is -0.703. The summed E-state index contributed by atoms with van der Waals surface area (Å²) in [5.74, 6) is -0.891. The Kier molecular flexibility index (Phi) is 6.59. The third kappa shape index (κ3) is 5.38. The van der Waals surface area contributed by atoms with E-state index in [2.05, 4.69) is 14.8 Å². The predicted octanol–water partition coefficient (Wildman–Crippen LogP) is -0.911. The molecule has 2 amide bonds. The number of phosphoric acid groups is 1. The Labute approximate surface area is 175 Å². The highest BCUT2D eigenvalue weighted by atomic mass is 31.2. The third-order valence-corrected chi connectivity index (χ3v) is 4.84. The minimum absolute atomic E-state index is 0.204. The van der Waals surface area contributed by atoms with Crippen molar-refractivity contribution in [3.05, 3.63) is 42.4 Å². The molecule has 8 N–H and O–H groups in total. The van der Waals surface area contributed by atoms with E-state index in [4.69, 9.17) is 30.7 Å². The zero-order chi connectivity index (χ0) is 22.8. The van der Waals surface area contributed by atoms with Crippen LogP contribution < -0.4 is 21.5 Å². The van der Waals surface area contributed by atoms with Gasteiger partial charge in [0.05, 0.1) is 12.9 Å². The number of nitrogens with one attached hydrogen (secondary N) is 1. The van der Waals surface area contributed by atoms with Crippen molar-refractivity contribution in [1.29, 1.82) is 0 Å². The average molecular weight is 457 g/mol. The van der Waals surface area contributed by atoms with Crippen molar-refractivity contribution in [3.8, 4) is 5.75 Å². The summed E-state index contributed by atoms with van der Waals surface area (Å²) in [6, 6.07) is 6.85. The number of anilines is 1. The Hall–Kier alpha value is -3.00. The molecule has 1 saturated heterocycles. The van der Waals surface area contributed by atoms with Crippen molar-refractivity contribution in [1.82, 2.24) is 14.9 Å². The molecule has 0 unspecified atom stereocenters. The van der Waals surface area contributed by atoms with Gasteiger partial charge in [-0.15, -0.1) is 0 Å². The highest BCUT2D eigenvalue weighted by molar-refractivity contribution is 7.46.